The Hall–Kier alpha value is -0.514. The zero-order chi connectivity index (χ0) is 17.3. The van der Waals surface area contributed by atoms with Crippen LogP contribution < -0.4 is 56.7 Å². The molecule has 0 aliphatic heterocycles. The Labute approximate surface area is 188 Å². The molecule has 124 valence electrons. The summed E-state index contributed by atoms with van der Waals surface area (Å²) in [6.07, 6.45) is 9.00. The van der Waals surface area contributed by atoms with Crippen molar-refractivity contribution in [1.29, 1.82) is 5.26 Å². The Bertz CT molecular complexity index is 560. The summed E-state index contributed by atoms with van der Waals surface area (Å²) < 4.78 is 0. The minimum atomic E-state index is -0.139. The monoisotopic (exact) mass is 349 g/mol. The fourth-order valence-corrected chi connectivity index (χ4v) is 1.40. The first kappa shape index (κ1) is 23.5. The maximum Gasteiger partial charge on any atom is 1.00 e. The Kier molecular flexibility index (Phi) is 11.7. The van der Waals surface area contributed by atoms with Crippen LogP contribution in [0.5, 0.6) is 0 Å². The van der Waals surface area contributed by atoms with Gasteiger partial charge in [-0.15, -0.1) is 6.42 Å². The molecule has 0 spiro atoms. The number of nitrogens with one attached hydrogen (secondary N) is 1. The van der Waals surface area contributed by atoms with E-state index < -0.39 is 0 Å². The molecule has 1 fully saturated rings. The summed E-state index contributed by atoms with van der Waals surface area (Å²) in [5.74, 6) is -0.259. The van der Waals surface area contributed by atoms with E-state index in [1.165, 1.54) is 19.3 Å². The molecule has 4 nitrogen and oxygen atoms in total. The maximum absolute atomic E-state index is 11.8. The largest absolute Gasteiger partial charge is 1.00 e. The van der Waals surface area contributed by atoms with Gasteiger partial charge < -0.3 is 21.5 Å². The summed E-state index contributed by atoms with van der Waals surface area (Å²) >= 11 is 0. The smallest absolute Gasteiger partial charge is 0.423 e. The SMILES string of the molecule is CC(C(=O)N[C-]=Nc1[c-]cc(C#N)cc1)C(C)(C)C.[CH-]1CCC1.[K+]. The molecular weight excluding hydrogens is 325 g/mol. The Morgan fingerprint density at radius 3 is 2.42 bits per heavy atom. The number of hydrogen-bond donors (Lipinski definition) is 1. The van der Waals surface area contributed by atoms with Gasteiger partial charge in [-0.2, -0.15) is 30.7 Å². The van der Waals surface area contributed by atoms with Crippen molar-refractivity contribution in [2.45, 2.75) is 47.0 Å². The quantitative estimate of drug-likeness (QED) is 0.292. The summed E-state index contributed by atoms with van der Waals surface area (Å²) in [4.78, 5) is 15.7. The van der Waals surface area contributed by atoms with Crippen molar-refractivity contribution in [3.8, 4) is 6.07 Å². The fraction of sp³-hybridized carbons (Fsp3) is 0.474. The van der Waals surface area contributed by atoms with Crippen molar-refractivity contribution in [2.24, 2.45) is 16.3 Å². The first-order valence-corrected chi connectivity index (χ1v) is 7.83. The van der Waals surface area contributed by atoms with Crippen LogP contribution in [0.25, 0.3) is 0 Å². The van der Waals surface area contributed by atoms with E-state index in [0.29, 0.717) is 11.3 Å². The predicted molar refractivity (Wildman–Crippen MR) is 92.0 cm³/mol. The number of carbonyl (C=O) groups excluding carboxylic acids is 1. The third kappa shape index (κ3) is 9.10. The van der Waals surface area contributed by atoms with Crippen molar-refractivity contribution in [2.75, 3.05) is 0 Å². The molecule has 1 aromatic rings. The zero-order valence-electron chi connectivity index (χ0n) is 15.3. The maximum atomic E-state index is 11.8. The molecule has 2 rings (SSSR count). The first-order chi connectivity index (χ1) is 10.8. The van der Waals surface area contributed by atoms with Gasteiger partial charge in [-0.25, -0.2) is 17.4 Å². The number of hydrogen-bond acceptors (Lipinski definition) is 3. The topological polar surface area (TPSA) is 65.2 Å². The second-order valence-corrected chi connectivity index (χ2v) is 6.59. The molecular formula is C19H24KN3O-2. The van der Waals surface area contributed by atoms with Gasteiger partial charge in [-0.3, -0.25) is 0 Å². The van der Waals surface area contributed by atoms with Gasteiger partial charge in [0, 0.05) is 12.4 Å². The van der Waals surface area contributed by atoms with E-state index in [0.717, 1.165) is 0 Å². The molecule has 1 aliphatic rings. The van der Waals surface area contributed by atoms with E-state index in [4.69, 9.17) is 5.26 Å². The average molecular weight is 350 g/mol. The number of benzene rings is 1. The van der Waals surface area contributed by atoms with E-state index in [2.05, 4.69) is 29.1 Å². The number of rotatable bonds is 3. The van der Waals surface area contributed by atoms with Gasteiger partial charge in [0.15, 0.2) is 0 Å². The van der Waals surface area contributed by atoms with Crippen LogP contribution in [0.1, 0.15) is 52.5 Å². The minimum absolute atomic E-state index is 0. The standard InChI is InChI=1S/C15H17N3O.C4H7.K/c1-11(15(2,3)4)14(19)18-10-17-13-7-5-12(9-16)6-8-13;1-2-4-3-1;/h5-7,11H,1-4H3,(H,17,18,19);1H,2-4H2;/q-2;-1;+1. The van der Waals surface area contributed by atoms with Gasteiger partial charge in [0.2, 0.25) is 0 Å². The van der Waals surface area contributed by atoms with Crippen molar-refractivity contribution in [1.82, 2.24) is 5.32 Å². The summed E-state index contributed by atoms with van der Waals surface area (Å²) in [6.45, 7) is 7.87. The van der Waals surface area contributed by atoms with Gasteiger partial charge in [0.05, 0.1) is 0 Å². The van der Waals surface area contributed by atoms with Crippen molar-refractivity contribution < 1.29 is 56.2 Å². The van der Waals surface area contributed by atoms with E-state index in [9.17, 15) is 4.79 Å². The van der Waals surface area contributed by atoms with Gasteiger partial charge in [-0.05, 0) is 11.3 Å². The van der Waals surface area contributed by atoms with E-state index in [-0.39, 0.29) is 68.6 Å². The second-order valence-electron chi connectivity index (χ2n) is 6.59. The fourth-order valence-electron chi connectivity index (χ4n) is 1.40. The Balaban J connectivity index is 0.000000920. The van der Waals surface area contributed by atoms with Crippen LogP contribution in [0.3, 0.4) is 0 Å². The summed E-state index contributed by atoms with van der Waals surface area (Å²) in [5, 5.41) is 11.2. The molecule has 5 heteroatoms. The van der Waals surface area contributed by atoms with Gasteiger partial charge in [0.25, 0.3) is 0 Å². The number of nitriles is 1. The minimum Gasteiger partial charge on any atom is -0.423 e. The van der Waals surface area contributed by atoms with Gasteiger partial charge >= 0.3 is 51.4 Å². The Morgan fingerprint density at radius 1 is 1.46 bits per heavy atom. The van der Waals surface area contributed by atoms with Crippen molar-refractivity contribution in [3.05, 3.63) is 36.2 Å². The third-order valence-electron chi connectivity index (χ3n) is 3.79. The molecule has 24 heavy (non-hydrogen) atoms. The molecule has 1 aliphatic carbocycles. The number of aliphatic imine (C=N–C) groups is 1. The molecule has 1 amide bonds. The van der Waals surface area contributed by atoms with Crippen LogP contribution in [0.4, 0.5) is 5.69 Å². The molecule has 0 bridgehead atoms. The zero-order valence-corrected chi connectivity index (χ0v) is 18.4. The molecule has 0 aromatic heterocycles. The van der Waals surface area contributed by atoms with Gasteiger partial charge in [-0.1, -0.05) is 33.3 Å². The van der Waals surface area contributed by atoms with Crippen LogP contribution in [0, 0.1) is 35.2 Å². The number of carbonyl (C=O) groups is 1. The first-order valence-electron chi connectivity index (χ1n) is 7.83. The van der Waals surface area contributed by atoms with Crippen LogP contribution in [-0.2, 0) is 4.79 Å². The number of nitrogens with zero attached hydrogens (tertiary/aromatic N) is 2. The van der Waals surface area contributed by atoms with Crippen LogP contribution in [0.2, 0.25) is 0 Å². The summed E-state index contributed by atoms with van der Waals surface area (Å²) in [6, 6.07) is 9.64. The molecule has 0 heterocycles. The van der Waals surface area contributed by atoms with E-state index in [1.807, 2.05) is 33.8 Å². The third-order valence-corrected chi connectivity index (χ3v) is 3.79. The molecule has 1 unspecified atom stereocenters. The van der Waals surface area contributed by atoms with Crippen LogP contribution >= 0.6 is 0 Å². The van der Waals surface area contributed by atoms with Gasteiger partial charge in [0.1, 0.15) is 5.91 Å². The van der Waals surface area contributed by atoms with Crippen LogP contribution in [0.15, 0.2) is 23.2 Å². The van der Waals surface area contributed by atoms with Crippen molar-refractivity contribution >= 4 is 17.9 Å². The molecule has 1 aromatic carbocycles. The molecule has 1 atom stereocenters. The van der Waals surface area contributed by atoms with Crippen LogP contribution in [-0.4, -0.2) is 12.2 Å². The average Bonchev–Trinajstić information content (AvgIpc) is 2.44. The van der Waals surface area contributed by atoms with E-state index >= 15 is 0 Å². The molecule has 1 N–H and O–H groups in total. The van der Waals surface area contributed by atoms with Crippen molar-refractivity contribution in [3.63, 3.8) is 0 Å². The molecule has 0 saturated heterocycles. The predicted octanol–water partition coefficient (Wildman–Crippen LogP) is 1.07. The summed E-state index contributed by atoms with van der Waals surface area (Å²) in [5.41, 5.74) is 0.929. The molecule has 1 saturated carbocycles. The second kappa shape index (κ2) is 11.9. The Morgan fingerprint density at radius 2 is 2.04 bits per heavy atom. The normalized spacial score (nSPS) is 14.3. The summed E-state index contributed by atoms with van der Waals surface area (Å²) in [7, 11) is 0. The molecule has 0 radical (unpaired) electrons. The number of amides is 1. The van der Waals surface area contributed by atoms with E-state index in [1.54, 1.807) is 18.2 Å².